The summed E-state index contributed by atoms with van der Waals surface area (Å²) in [6.45, 7) is 0. The van der Waals surface area contributed by atoms with Gasteiger partial charge in [0.2, 0.25) is 0 Å². The third-order valence-electron chi connectivity index (χ3n) is 3.00. The van der Waals surface area contributed by atoms with Crippen LogP contribution in [0.1, 0.15) is 19.3 Å². The molecule has 0 fully saturated rings. The van der Waals surface area contributed by atoms with Crippen molar-refractivity contribution in [2.75, 3.05) is 5.32 Å². The number of carboxylic acids is 1. The van der Waals surface area contributed by atoms with Crippen molar-refractivity contribution in [2.24, 2.45) is 0 Å². The first-order valence-electron chi connectivity index (χ1n) is 5.81. The third kappa shape index (κ3) is 2.66. The second-order valence-corrected chi connectivity index (χ2v) is 4.31. The summed E-state index contributed by atoms with van der Waals surface area (Å²) in [5.41, 5.74) is -0.869. The van der Waals surface area contributed by atoms with Crippen molar-refractivity contribution in [3.05, 3.63) is 40.7 Å². The second kappa shape index (κ2) is 5.36. The quantitative estimate of drug-likeness (QED) is 0.897. The lowest BCUT2D eigenvalue weighted by molar-refractivity contribution is -0.133. The number of aliphatic carboxylic acids is 1. The fourth-order valence-electron chi connectivity index (χ4n) is 2.08. The van der Waals surface area contributed by atoms with E-state index in [4.69, 9.17) is 5.11 Å². The fourth-order valence-corrected chi connectivity index (χ4v) is 2.08. The van der Waals surface area contributed by atoms with Gasteiger partial charge >= 0.3 is 5.97 Å². The molecule has 0 saturated carbocycles. The van der Waals surface area contributed by atoms with Crippen molar-refractivity contribution in [2.45, 2.75) is 19.3 Å². The monoisotopic (exact) mass is 285 g/mol. The van der Waals surface area contributed by atoms with Gasteiger partial charge in [-0.15, -0.1) is 0 Å². The molecule has 0 atom stereocenters. The molecular formula is C13H10F3NO3. The maximum absolute atomic E-state index is 13.4. The van der Waals surface area contributed by atoms with E-state index in [1.54, 1.807) is 0 Å². The summed E-state index contributed by atoms with van der Waals surface area (Å²) in [5, 5.41) is 10.9. The van der Waals surface area contributed by atoms with Gasteiger partial charge in [-0.05, 0) is 19.3 Å². The molecule has 2 rings (SSSR count). The highest BCUT2D eigenvalue weighted by molar-refractivity contribution is 6.09. The van der Waals surface area contributed by atoms with Crippen LogP contribution in [0.15, 0.2) is 23.3 Å². The number of carboxylic acid groups (broad SMARTS) is 1. The Morgan fingerprint density at radius 2 is 1.60 bits per heavy atom. The minimum absolute atomic E-state index is 0.0133. The summed E-state index contributed by atoms with van der Waals surface area (Å²) in [5.74, 6) is -5.74. The molecule has 1 amide bonds. The van der Waals surface area contributed by atoms with E-state index in [-0.39, 0.29) is 24.0 Å². The zero-order chi connectivity index (χ0) is 14.9. The van der Waals surface area contributed by atoms with Crippen LogP contribution in [0.3, 0.4) is 0 Å². The molecule has 0 radical (unpaired) electrons. The number of rotatable bonds is 3. The molecule has 0 saturated heterocycles. The van der Waals surface area contributed by atoms with Gasteiger partial charge in [0.1, 0.15) is 11.5 Å². The van der Waals surface area contributed by atoms with Gasteiger partial charge in [0.05, 0.1) is 0 Å². The van der Waals surface area contributed by atoms with Crippen molar-refractivity contribution < 1.29 is 27.9 Å². The van der Waals surface area contributed by atoms with E-state index in [1.807, 2.05) is 5.32 Å². The highest BCUT2D eigenvalue weighted by Crippen LogP contribution is 2.28. The molecule has 0 unspecified atom stereocenters. The Bertz CT molecular complexity index is 602. The molecule has 20 heavy (non-hydrogen) atoms. The Kier molecular flexibility index (Phi) is 3.78. The summed E-state index contributed by atoms with van der Waals surface area (Å²) in [6, 6.07) is 0.861. The number of carbonyl (C=O) groups excluding carboxylic acids is 1. The maximum Gasteiger partial charge on any atom is 0.332 e. The van der Waals surface area contributed by atoms with Gasteiger partial charge in [0, 0.05) is 23.3 Å². The van der Waals surface area contributed by atoms with Crippen LogP contribution in [0.25, 0.3) is 0 Å². The average molecular weight is 285 g/mol. The zero-order valence-electron chi connectivity index (χ0n) is 10.2. The summed E-state index contributed by atoms with van der Waals surface area (Å²) in [6.07, 6.45) is 0.934. The zero-order valence-corrected chi connectivity index (χ0v) is 10.2. The Labute approximate surface area is 111 Å². The number of hydrogen-bond donors (Lipinski definition) is 2. The molecule has 0 aliphatic heterocycles. The van der Waals surface area contributed by atoms with Gasteiger partial charge in [-0.3, -0.25) is 4.79 Å². The summed E-state index contributed by atoms with van der Waals surface area (Å²) in [7, 11) is 0. The predicted molar refractivity (Wildman–Crippen MR) is 63.5 cm³/mol. The number of nitrogens with one attached hydrogen (secondary N) is 1. The molecular weight excluding hydrogens is 275 g/mol. The first kappa shape index (κ1) is 14.1. The molecule has 2 N–H and O–H groups in total. The molecule has 0 aromatic heterocycles. The van der Waals surface area contributed by atoms with E-state index in [0.29, 0.717) is 18.6 Å². The van der Waals surface area contributed by atoms with Gasteiger partial charge in [-0.25, -0.2) is 18.0 Å². The van der Waals surface area contributed by atoms with Crippen LogP contribution in [0.5, 0.6) is 0 Å². The average Bonchev–Trinajstić information content (AvgIpc) is 2.82. The van der Waals surface area contributed by atoms with E-state index in [2.05, 4.69) is 0 Å². The van der Waals surface area contributed by atoms with Crippen LogP contribution in [-0.4, -0.2) is 17.0 Å². The van der Waals surface area contributed by atoms with Gasteiger partial charge in [0.15, 0.2) is 11.6 Å². The molecule has 7 heteroatoms. The van der Waals surface area contributed by atoms with Crippen LogP contribution in [0.2, 0.25) is 0 Å². The number of carbonyl (C=O) groups is 2. The normalized spacial score (nSPS) is 14.6. The molecule has 1 aliphatic carbocycles. The molecule has 0 heterocycles. The lowest BCUT2D eigenvalue weighted by Gasteiger charge is -2.09. The SMILES string of the molecule is O=C(O)C1=C(C(=O)Nc2c(F)cc(F)cc2F)CCC1. The largest absolute Gasteiger partial charge is 0.478 e. The van der Waals surface area contributed by atoms with Crippen molar-refractivity contribution in [1.82, 2.24) is 0 Å². The van der Waals surface area contributed by atoms with Crippen LogP contribution in [0, 0.1) is 17.5 Å². The van der Waals surface area contributed by atoms with Gasteiger partial charge < -0.3 is 10.4 Å². The van der Waals surface area contributed by atoms with Crippen LogP contribution in [0.4, 0.5) is 18.9 Å². The van der Waals surface area contributed by atoms with Crippen molar-refractivity contribution >= 4 is 17.6 Å². The molecule has 0 spiro atoms. The molecule has 0 bridgehead atoms. The standard InChI is InChI=1S/C13H10F3NO3/c14-6-4-9(15)11(10(16)5-6)17-12(18)7-2-1-3-8(7)13(19)20/h4-5H,1-3H2,(H,17,18)(H,19,20). The Balaban J connectivity index is 2.29. The molecule has 1 aromatic carbocycles. The van der Waals surface area contributed by atoms with E-state index in [9.17, 15) is 22.8 Å². The van der Waals surface area contributed by atoms with Gasteiger partial charge in [0.25, 0.3) is 5.91 Å². The Hall–Kier alpha value is -2.31. The summed E-state index contributed by atoms with van der Waals surface area (Å²) < 4.78 is 39.5. The number of hydrogen-bond acceptors (Lipinski definition) is 2. The molecule has 1 aromatic rings. The minimum Gasteiger partial charge on any atom is -0.478 e. The number of amides is 1. The van der Waals surface area contributed by atoms with E-state index < -0.39 is 35.0 Å². The van der Waals surface area contributed by atoms with Crippen LogP contribution in [-0.2, 0) is 9.59 Å². The minimum atomic E-state index is -1.26. The topological polar surface area (TPSA) is 66.4 Å². The van der Waals surface area contributed by atoms with Gasteiger partial charge in [-0.1, -0.05) is 0 Å². The van der Waals surface area contributed by atoms with E-state index >= 15 is 0 Å². The van der Waals surface area contributed by atoms with Crippen LogP contribution >= 0.6 is 0 Å². The smallest absolute Gasteiger partial charge is 0.332 e. The summed E-state index contributed by atoms with van der Waals surface area (Å²) in [4.78, 5) is 22.8. The maximum atomic E-state index is 13.4. The lowest BCUT2D eigenvalue weighted by atomic mass is 10.1. The molecule has 106 valence electrons. The second-order valence-electron chi connectivity index (χ2n) is 4.31. The lowest BCUT2D eigenvalue weighted by Crippen LogP contribution is -2.18. The first-order valence-corrected chi connectivity index (χ1v) is 5.81. The van der Waals surface area contributed by atoms with Gasteiger partial charge in [-0.2, -0.15) is 0 Å². The van der Waals surface area contributed by atoms with E-state index in [0.717, 1.165) is 0 Å². The van der Waals surface area contributed by atoms with Crippen molar-refractivity contribution in [3.63, 3.8) is 0 Å². The van der Waals surface area contributed by atoms with Crippen molar-refractivity contribution in [1.29, 1.82) is 0 Å². The number of benzene rings is 1. The van der Waals surface area contributed by atoms with Crippen LogP contribution < -0.4 is 5.32 Å². The number of halogens is 3. The molecule has 4 nitrogen and oxygen atoms in total. The fraction of sp³-hybridized carbons (Fsp3) is 0.231. The van der Waals surface area contributed by atoms with Crippen molar-refractivity contribution in [3.8, 4) is 0 Å². The third-order valence-corrected chi connectivity index (χ3v) is 3.00. The summed E-state index contributed by atoms with van der Waals surface area (Å²) >= 11 is 0. The predicted octanol–water partition coefficient (Wildman–Crippen LogP) is 2.61. The highest BCUT2D eigenvalue weighted by Gasteiger charge is 2.26. The Morgan fingerprint density at radius 3 is 2.15 bits per heavy atom. The number of anilines is 1. The molecule has 1 aliphatic rings. The highest BCUT2D eigenvalue weighted by atomic mass is 19.1. The first-order chi connectivity index (χ1) is 9.40. The Morgan fingerprint density at radius 1 is 1.05 bits per heavy atom. The van der Waals surface area contributed by atoms with E-state index in [1.165, 1.54) is 0 Å².